The smallest absolute Gasteiger partial charge is 0.0438 e. The van der Waals surface area contributed by atoms with Crippen molar-refractivity contribution in [2.45, 2.75) is 32.7 Å². The highest BCUT2D eigenvalue weighted by molar-refractivity contribution is 6.31. The monoisotopic (exact) mass is 235 g/mol. The molecule has 0 bridgehead atoms. The fraction of sp³-hybridized carbons (Fsp3) is 0.429. The average molecular weight is 236 g/mol. The predicted octanol–water partition coefficient (Wildman–Crippen LogP) is 3.71. The second kappa shape index (κ2) is 6.58. The third-order valence-corrected chi connectivity index (χ3v) is 3.06. The van der Waals surface area contributed by atoms with Gasteiger partial charge >= 0.3 is 0 Å². The van der Waals surface area contributed by atoms with E-state index in [9.17, 15) is 0 Å². The number of benzene rings is 1. The Morgan fingerprint density at radius 1 is 1.50 bits per heavy atom. The third-order valence-electron chi connectivity index (χ3n) is 2.65. The van der Waals surface area contributed by atoms with Gasteiger partial charge in [-0.15, -0.1) is 12.3 Å². The molecule has 0 fully saturated rings. The standard InChI is InChI=1S/C14H18ClN/c1-4-7-14(16-10-5-2)12-8-6-9-13(15)11(12)3/h1,6,8-9,14,16H,5,7,10H2,2-3H3. The summed E-state index contributed by atoms with van der Waals surface area (Å²) >= 11 is 6.11. The Balaban J connectivity index is 2.92. The summed E-state index contributed by atoms with van der Waals surface area (Å²) in [6.07, 6.45) is 7.20. The normalized spacial score (nSPS) is 12.1. The number of halogens is 1. The Bertz CT molecular complexity index is 379. The summed E-state index contributed by atoms with van der Waals surface area (Å²) in [5.41, 5.74) is 2.33. The van der Waals surface area contributed by atoms with Gasteiger partial charge in [0.05, 0.1) is 0 Å². The maximum absolute atomic E-state index is 6.11. The average Bonchev–Trinajstić information content (AvgIpc) is 2.28. The van der Waals surface area contributed by atoms with Crippen LogP contribution in [0.25, 0.3) is 0 Å². The molecular formula is C14H18ClN. The summed E-state index contributed by atoms with van der Waals surface area (Å²) < 4.78 is 0. The molecule has 0 heterocycles. The Morgan fingerprint density at radius 3 is 2.88 bits per heavy atom. The fourth-order valence-corrected chi connectivity index (χ4v) is 1.91. The maximum atomic E-state index is 6.11. The zero-order valence-electron chi connectivity index (χ0n) is 9.89. The van der Waals surface area contributed by atoms with Crippen LogP contribution in [0.4, 0.5) is 0 Å². The summed E-state index contributed by atoms with van der Waals surface area (Å²) in [7, 11) is 0. The molecule has 1 unspecified atom stereocenters. The van der Waals surface area contributed by atoms with Gasteiger partial charge in [0.1, 0.15) is 0 Å². The van der Waals surface area contributed by atoms with Crippen LogP contribution in [0.1, 0.15) is 36.9 Å². The Morgan fingerprint density at radius 2 is 2.25 bits per heavy atom. The molecule has 0 aliphatic carbocycles. The van der Waals surface area contributed by atoms with Crippen LogP contribution >= 0.6 is 11.6 Å². The van der Waals surface area contributed by atoms with Gasteiger partial charge in [0.15, 0.2) is 0 Å². The van der Waals surface area contributed by atoms with E-state index in [4.69, 9.17) is 18.0 Å². The van der Waals surface area contributed by atoms with Crippen molar-refractivity contribution >= 4 is 11.6 Å². The second-order valence-electron chi connectivity index (χ2n) is 3.87. The molecule has 1 aromatic rings. The van der Waals surface area contributed by atoms with Gasteiger partial charge in [0, 0.05) is 17.5 Å². The zero-order chi connectivity index (χ0) is 12.0. The van der Waals surface area contributed by atoms with E-state index in [-0.39, 0.29) is 6.04 Å². The number of hydrogen-bond acceptors (Lipinski definition) is 1. The summed E-state index contributed by atoms with van der Waals surface area (Å²) in [5, 5.41) is 4.26. The summed E-state index contributed by atoms with van der Waals surface area (Å²) in [5.74, 6) is 2.72. The van der Waals surface area contributed by atoms with Crippen molar-refractivity contribution in [3.05, 3.63) is 34.3 Å². The quantitative estimate of drug-likeness (QED) is 0.768. The van der Waals surface area contributed by atoms with E-state index in [1.807, 2.05) is 19.1 Å². The molecular weight excluding hydrogens is 218 g/mol. The van der Waals surface area contributed by atoms with Gasteiger partial charge in [0.2, 0.25) is 0 Å². The molecule has 0 radical (unpaired) electrons. The number of nitrogens with one attached hydrogen (secondary N) is 1. The first-order valence-corrected chi connectivity index (χ1v) is 6.00. The molecule has 0 aliphatic rings. The van der Waals surface area contributed by atoms with Crippen molar-refractivity contribution in [2.75, 3.05) is 6.54 Å². The molecule has 0 amide bonds. The Labute approximate surface area is 103 Å². The number of hydrogen-bond donors (Lipinski definition) is 1. The lowest BCUT2D eigenvalue weighted by Gasteiger charge is -2.19. The maximum Gasteiger partial charge on any atom is 0.0438 e. The largest absolute Gasteiger partial charge is 0.309 e. The van der Waals surface area contributed by atoms with E-state index < -0.39 is 0 Å². The fourth-order valence-electron chi connectivity index (χ4n) is 1.73. The predicted molar refractivity (Wildman–Crippen MR) is 70.7 cm³/mol. The van der Waals surface area contributed by atoms with Gasteiger partial charge < -0.3 is 5.32 Å². The van der Waals surface area contributed by atoms with Crippen molar-refractivity contribution in [1.29, 1.82) is 0 Å². The highest BCUT2D eigenvalue weighted by atomic mass is 35.5. The van der Waals surface area contributed by atoms with Crippen LogP contribution in [-0.2, 0) is 0 Å². The Kier molecular flexibility index (Phi) is 5.38. The lowest BCUT2D eigenvalue weighted by Crippen LogP contribution is -2.22. The van der Waals surface area contributed by atoms with Gasteiger partial charge in [-0.05, 0) is 37.1 Å². The van der Waals surface area contributed by atoms with Crippen molar-refractivity contribution in [2.24, 2.45) is 0 Å². The summed E-state index contributed by atoms with van der Waals surface area (Å²) in [6, 6.07) is 6.18. The molecule has 0 saturated heterocycles. The van der Waals surface area contributed by atoms with Crippen LogP contribution in [0.2, 0.25) is 5.02 Å². The zero-order valence-corrected chi connectivity index (χ0v) is 10.6. The molecule has 2 heteroatoms. The highest BCUT2D eigenvalue weighted by Gasteiger charge is 2.12. The Hall–Kier alpha value is -0.970. The van der Waals surface area contributed by atoms with Gasteiger partial charge in [-0.1, -0.05) is 30.7 Å². The van der Waals surface area contributed by atoms with Crippen LogP contribution in [0.15, 0.2) is 18.2 Å². The van der Waals surface area contributed by atoms with Gasteiger partial charge in [-0.2, -0.15) is 0 Å². The molecule has 0 spiro atoms. The molecule has 16 heavy (non-hydrogen) atoms. The first-order valence-electron chi connectivity index (χ1n) is 5.62. The van der Waals surface area contributed by atoms with Crippen LogP contribution in [0, 0.1) is 19.3 Å². The van der Waals surface area contributed by atoms with Crippen LogP contribution < -0.4 is 5.32 Å². The second-order valence-corrected chi connectivity index (χ2v) is 4.28. The van der Waals surface area contributed by atoms with Gasteiger partial charge in [0.25, 0.3) is 0 Å². The molecule has 0 aliphatic heterocycles. The van der Waals surface area contributed by atoms with Crippen LogP contribution in [0.5, 0.6) is 0 Å². The SMILES string of the molecule is C#CCC(NCCC)c1cccc(Cl)c1C. The van der Waals surface area contributed by atoms with Crippen molar-refractivity contribution in [1.82, 2.24) is 5.32 Å². The molecule has 1 N–H and O–H groups in total. The van der Waals surface area contributed by atoms with Crippen LogP contribution in [-0.4, -0.2) is 6.54 Å². The van der Waals surface area contributed by atoms with E-state index in [1.54, 1.807) is 0 Å². The van der Waals surface area contributed by atoms with Gasteiger partial charge in [-0.3, -0.25) is 0 Å². The third kappa shape index (κ3) is 3.27. The van der Waals surface area contributed by atoms with E-state index in [1.165, 1.54) is 5.56 Å². The minimum atomic E-state index is 0.212. The lowest BCUT2D eigenvalue weighted by atomic mass is 9.99. The first kappa shape index (κ1) is 13.1. The minimum Gasteiger partial charge on any atom is -0.309 e. The molecule has 1 rings (SSSR count). The lowest BCUT2D eigenvalue weighted by molar-refractivity contribution is 0.540. The topological polar surface area (TPSA) is 12.0 Å². The molecule has 86 valence electrons. The molecule has 1 aromatic carbocycles. The van der Waals surface area contributed by atoms with Gasteiger partial charge in [-0.25, -0.2) is 0 Å². The van der Waals surface area contributed by atoms with E-state index >= 15 is 0 Å². The van der Waals surface area contributed by atoms with E-state index in [0.717, 1.165) is 23.6 Å². The number of terminal acetylenes is 1. The van der Waals surface area contributed by atoms with E-state index in [2.05, 4.69) is 24.2 Å². The highest BCUT2D eigenvalue weighted by Crippen LogP contribution is 2.25. The van der Waals surface area contributed by atoms with Crippen molar-refractivity contribution < 1.29 is 0 Å². The summed E-state index contributed by atoms with van der Waals surface area (Å²) in [4.78, 5) is 0. The number of rotatable bonds is 5. The minimum absolute atomic E-state index is 0.212. The van der Waals surface area contributed by atoms with Crippen molar-refractivity contribution in [3.8, 4) is 12.3 Å². The molecule has 0 saturated carbocycles. The van der Waals surface area contributed by atoms with E-state index in [0.29, 0.717) is 6.42 Å². The molecule has 0 aromatic heterocycles. The first-order chi connectivity index (χ1) is 7.70. The molecule has 1 atom stereocenters. The molecule has 1 nitrogen and oxygen atoms in total. The van der Waals surface area contributed by atoms with Crippen LogP contribution in [0.3, 0.4) is 0 Å². The summed E-state index contributed by atoms with van der Waals surface area (Å²) in [6.45, 7) is 5.15. The van der Waals surface area contributed by atoms with Crippen molar-refractivity contribution in [3.63, 3.8) is 0 Å².